The van der Waals surface area contributed by atoms with Gasteiger partial charge in [0.2, 0.25) is 0 Å². The monoisotopic (exact) mass is 608 g/mol. The molecule has 0 radical (unpaired) electrons. The first-order chi connectivity index (χ1) is 8.74. The van der Waals surface area contributed by atoms with E-state index in [4.69, 9.17) is 23.0 Å². The van der Waals surface area contributed by atoms with E-state index in [1.807, 2.05) is 11.9 Å². The fourth-order valence-corrected chi connectivity index (χ4v) is 5.10. The van der Waals surface area contributed by atoms with Crippen molar-refractivity contribution in [2.45, 2.75) is 11.2 Å². The predicted molar refractivity (Wildman–Crippen MR) is 63.8 cm³/mol. The van der Waals surface area contributed by atoms with Crippen molar-refractivity contribution in [2.24, 2.45) is 3.95 Å². The van der Waals surface area contributed by atoms with Gasteiger partial charge in [-0.1, -0.05) is 0 Å². The number of nitrogens with zero attached hydrogens (tertiary/aromatic N) is 1. The molecule has 0 bridgehead atoms. The topological polar surface area (TPSA) is 99.5 Å². The molecule has 18 heavy (non-hydrogen) atoms. The van der Waals surface area contributed by atoms with E-state index >= 15 is 0 Å². The Morgan fingerprint density at radius 2 is 2.11 bits per heavy atom. The Hall–Kier alpha value is 1.83. The van der Waals surface area contributed by atoms with Crippen LogP contribution in [0.25, 0.3) is 0 Å². The summed E-state index contributed by atoms with van der Waals surface area (Å²) >= 11 is -3.40. The molecular weight excluding hydrogens is 589 g/mol. The zero-order chi connectivity index (χ0) is 13.8. The number of nitrogens with one attached hydrogen (secondary N) is 2. The standard InChI is InChI=1S/C6H19I3N4O5/c1-5-13(18-12-16-7-2)9(15-4)6(14-3)11-17-8-10/h6,11-12H,5,10H2,1-4H3/q-2. The van der Waals surface area contributed by atoms with E-state index in [0.29, 0.717) is 6.54 Å². The quantitative estimate of drug-likeness (QED) is 0.0381. The van der Waals surface area contributed by atoms with Crippen molar-refractivity contribution < 1.29 is 62.6 Å². The second-order valence-electron chi connectivity index (χ2n) is 2.29. The molecule has 0 aliphatic heterocycles. The van der Waals surface area contributed by atoms with Crippen LogP contribution in [-0.2, 0) is 19.1 Å². The summed E-state index contributed by atoms with van der Waals surface area (Å²) in [6.07, 6.45) is 0. The fourth-order valence-electron chi connectivity index (χ4n) is 0.782. The predicted octanol–water partition coefficient (Wildman–Crippen LogP) is -6.38. The summed E-state index contributed by atoms with van der Waals surface area (Å²) in [7, 11) is 3.17. The summed E-state index contributed by atoms with van der Waals surface area (Å²) in [6, 6.07) is 0. The molecule has 0 saturated heterocycles. The van der Waals surface area contributed by atoms with Gasteiger partial charge in [-0.25, -0.2) is 0 Å². The minimum absolute atomic E-state index is 0.353. The third-order valence-corrected chi connectivity index (χ3v) is 7.10. The molecule has 0 fully saturated rings. The minimum atomic E-state index is -2.23. The molecule has 0 amide bonds. The molecule has 0 aromatic rings. The zero-order valence-corrected chi connectivity index (χ0v) is 17.0. The van der Waals surface area contributed by atoms with Crippen molar-refractivity contribution in [2.75, 3.05) is 25.7 Å². The molecule has 0 aliphatic rings. The second-order valence-corrected chi connectivity index (χ2v) is 9.10. The Bertz CT molecular complexity index is 197. The van der Waals surface area contributed by atoms with Gasteiger partial charge >= 0.3 is 138 Å². The molecule has 12 heteroatoms. The average molecular weight is 608 g/mol. The van der Waals surface area contributed by atoms with Crippen LogP contribution in [0.2, 0.25) is 0 Å². The number of halogens is 3. The first-order valence-electron chi connectivity index (χ1n) is 4.61. The van der Waals surface area contributed by atoms with Crippen LogP contribution in [0.4, 0.5) is 0 Å². The first kappa shape index (κ1) is 19.8. The Morgan fingerprint density at radius 1 is 1.39 bits per heavy atom. The molecule has 4 N–H and O–H groups in total. The summed E-state index contributed by atoms with van der Waals surface area (Å²) in [5, 5.41) is 0. The Balaban J connectivity index is 4.35. The number of ether oxygens (including phenoxy) is 1. The molecule has 1 unspecified atom stereocenters. The third-order valence-electron chi connectivity index (χ3n) is 1.40. The van der Waals surface area contributed by atoms with Crippen molar-refractivity contribution in [3.05, 3.63) is 0 Å². The molecule has 0 aromatic carbocycles. The zero-order valence-electron chi connectivity index (χ0n) is 10.5. The van der Waals surface area contributed by atoms with Gasteiger partial charge in [0, 0.05) is 0 Å². The molecule has 9 nitrogen and oxygen atoms in total. The van der Waals surface area contributed by atoms with E-state index in [1.165, 1.54) is 0 Å². The van der Waals surface area contributed by atoms with Gasteiger partial charge in [0.25, 0.3) is 0 Å². The van der Waals surface area contributed by atoms with Gasteiger partial charge in [0.1, 0.15) is 0 Å². The van der Waals surface area contributed by atoms with Crippen LogP contribution in [0, 0.1) is 0 Å². The summed E-state index contributed by atoms with van der Waals surface area (Å²) in [5.41, 5.74) is 5.17. The molecule has 0 heterocycles. The summed E-state index contributed by atoms with van der Waals surface area (Å²) < 4.78 is 27.4. The number of hydrogen-bond donors (Lipinski definition) is 3. The van der Waals surface area contributed by atoms with Gasteiger partial charge in [0.05, 0.1) is 0 Å². The van der Waals surface area contributed by atoms with Crippen LogP contribution >= 0.6 is 20.5 Å². The Kier molecular flexibility index (Phi) is 15.2. The fraction of sp³-hybridized carbons (Fsp3) is 1.00. The molecule has 0 aromatic heterocycles. The van der Waals surface area contributed by atoms with Crippen LogP contribution in [0.1, 0.15) is 6.92 Å². The number of alkyl halides is 2. The molecule has 0 saturated carbocycles. The van der Waals surface area contributed by atoms with E-state index in [2.05, 4.69) is 11.1 Å². The molecule has 0 spiro atoms. The van der Waals surface area contributed by atoms with Crippen LogP contribution in [0.15, 0.2) is 0 Å². The second kappa shape index (κ2) is 13.8. The van der Waals surface area contributed by atoms with Crippen LogP contribution in [0.5, 0.6) is 0 Å². The van der Waals surface area contributed by atoms with Crippen LogP contribution < -0.4 is 58.6 Å². The van der Waals surface area contributed by atoms with Gasteiger partial charge in [0.15, 0.2) is 0 Å². The van der Waals surface area contributed by atoms with Crippen LogP contribution in [0.3, 0.4) is 0 Å². The van der Waals surface area contributed by atoms with E-state index in [9.17, 15) is 0 Å². The molecule has 1 atom stereocenters. The summed E-state index contributed by atoms with van der Waals surface area (Å²) in [5.74, 6) is 0. The third kappa shape index (κ3) is 8.19. The van der Waals surface area contributed by atoms with Gasteiger partial charge in [-0.05, 0) is 0 Å². The number of nitrogens with two attached hydrogens (primary N) is 1. The van der Waals surface area contributed by atoms with Gasteiger partial charge in [-0.15, -0.1) is 0 Å². The number of hydroxylamine groups is 2. The van der Waals surface area contributed by atoms with Crippen molar-refractivity contribution in [1.29, 1.82) is 0 Å². The summed E-state index contributed by atoms with van der Waals surface area (Å²) in [4.78, 5) is 7.24. The van der Waals surface area contributed by atoms with Crippen molar-refractivity contribution in [1.82, 2.24) is 14.4 Å². The maximum atomic E-state index is 5.46. The number of hydrogen-bond acceptors (Lipinski definition) is 9. The van der Waals surface area contributed by atoms with E-state index in [0.717, 1.165) is 0 Å². The average Bonchev–Trinajstić information content (AvgIpc) is 2.41. The molecular formula is C6H19I3N4O5-2. The van der Waals surface area contributed by atoms with Crippen molar-refractivity contribution >= 4 is 20.5 Å². The number of rotatable bonds is 12. The van der Waals surface area contributed by atoms with E-state index < -0.39 is 42.4 Å². The Morgan fingerprint density at radius 3 is 2.56 bits per heavy atom. The van der Waals surface area contributed by atoms with Crippen molar-refractivity contribution in [3.8, 4) is 0 Å². The first-order valence-corrected chi connectivity index (χ1v) is 12.9. The molecule has 116 valence electrons. The van der Waals surface area contributed by atoms with E-state index in [-0.39, 0.29) is 25.9 Å². The van der Waals surface area contributed by atoms with Gasteiger partial charge < -0.3 is 0 Å². The van der Waals surface area contributed by atoms with Crippen molar-refractivity contribution in [3.63, 3.8) is 0 Å². The molecule has 0 aliphatic carbocycles. The van der Waals surface area contributed by atoms with Gasteiger partial charge in [-0.3, -0.25) is 0 Å². The number of methoxy groups -OCH3 is 1. The maximum absolute atomic E-state index is 5.46. The normalized spacial score (nSPS) is 14.4. The van der Waals surface area contributed by atoms with E-state index in [1.54, 1.807) is 17.5 Å². The molecule has 0 rings (SSSR count). The Labute approximate surface area is 137 Å². The SMILES string of the molecule is CCN(ONO[I-]C)I(OC)C(NO[I-]N)OC. The van der Waals surface area contributed by atoms with Crippen LogP contribution in [-0.4, -0.2) is 33.2 Å². The van der Waals surface area contributed by atoms with Gasteiger partial charge in [-0.2, -0.15) is 0 Å². The summed E-state index contributed by atoms with van der Waals surface area (Å²) in [6.45, 7) is 2.56.